The molecular formula is C40H23BF6O3. The lowest BCUT2D eigenvalue weighted by Crippen LogP contribution is -2.43. The minimum Gasteiger partial charge on any atom is -0.521 e. The molecule has 0 fully saturated rings. The van der Waals surface area contributed by atoms with Crippen LogP contribution in [-0.4, -0.2) is 12.2 Å². The average Bonchev–Trinajstić information content (AvgIpc) is 3.29. The Morgan fingerprint density at radius 1 is 0.480 bits per heavy atom. The van der Waals surface area contributed by atoms with E-state index in [4.69, 9.17) is 9.31 Å². The molecule has 3 nitrogen and oxygen atoms in total. The van der Waals surface area contributed by atoms with Gasteiger partial charge in [-0.1, -0.05) is 97.1 Å². The predicted molar refractivity (Wildman–Crippen MR) is 183 cm³/mol. The highest BCUT2D eigenvalue weighted by Gasteiger charge is 2.42. The molecule has 8 rings (SSSR count). The molecule has 0 bridgehead atoms. The Kier molecular flexibility index (Phi) is 7.29. The maximum absolute atomic E-state index is 14.1. The van der Waals surface area contributed by atoms with E-state index in [1.807, 2.05) is 84.9 Å². The number of rotatable bonds is 3. The Labute approximate surface area is 282 Å². The van der Waals surface area contributed by atoms with Crippen LogP contribution in [0.25, 0.3) is 54.9 Å². The third-order valence-electron chi connectivity index (χ3n) is 8.86. The Hall–Kier alpha value is -5.90. The second-order valence-electron chi connectivity index (χ2n) is 12.0. The largest absolute Gasteiger partial charge is 0.632 e. The van der Waals surface area contributed by atoms with Gasteiger partial charge in [-0.15, -0.1) is 0 Å². The van der Waals surface area contributed by atoms with Crippen molar-refractivity contribution < 1.29 is 40.8 Å². The lowest BCUT2D eigenvalue weighted by Gasteiger charge is -2.21. The first-order valence-corrected chi connectivity index (χ1v) is 15.6. The van der Waals surface area contributed by atoms with E-state index in [0.717, 1.165) is 10.8 Å². The fraction of sp³-hybridized carbons (Fsp3) is 0.0500. The van der Waals surface area contributed by atoms with E-state index < -0.39 is 36.1 Å². The molecule has 1 N–H and O–H groups in total. The molecule has 7 aromatic carbocycles. The van der Waals surface area contributed by atoms with Crippen LogP contribution in [0.4, 0.5) is 26.3 Å². The first-order chi connectivity index (χ1) is 24.0. The summed E-state index contributed by atoms with van der Waals surface area (Å²) in [5.41, 5.74) is -0.461. The zero-order chi connectivity index (χ0) is 34.8. The average molecular weight is 676 g/mol. The number of halogens is 6. The molecule has 0 atom stereocenters. The summed E-state index contributed by atoms with van der Waals surface area (Å²) in [5.74, 6) is 0.233. The summed E-state index contributed by atoms with van der Waals surface area (Å²) < 4.78 is 98.1. The summed E-state index contributed by atoms with van der Waals surface area (Å²) >= 11 is 0. The van der Waals surface area contributed by atoms with Gasteiger partial charge in [-0.3, -0.25) is 0 Å². The molecule has 1 heterocycles. The molecule has 1 aliphatic rings. The molecule has 0 unspecified atom stereocenters. The van der Waals surface area contributed by atoms with Crippen molar-refractivity contribution in [2.24, 2.45) is 0 Å². The van der Waals surface area contributed by atoms with Crippen LogP contribution in [0.3, 0.4) is 0 Å². The Morgan fingerprint density at radius 3 is 1.52 bits per heavy atom. The predicted octanol–water partition coefficient (Wildman–Crippen LogP) is 10.9. The third kappa shape index (κ3) is 5.37. The highest BCUT2D eigenvalue weighted by Crippen LogP contribution is 2.54. The van der Waals surface area contributed by atoms with E-state index in [1.165, 1.54) is 6.07 Å². The number of benzene rings is 7. The quantitative estimate of drug-likeness (QED) is 0.150. The van der Waals surface area contributed by atoms with Crippen molar-refractivity contribution in [1.82, 2.24) is 0 Å². The van der Waals surface area contributed by atoms with Gasteiger partial charge in [0, 0.05) is 33.3 Å². The molecular weight excluding hydrogens is 653 g/mol. The van der Waals surface area contributed by atoms with Crippen molar-refractivity contribution in [1.29, 1.82) is 0 Å². The highest BCUT2D eigenvalue weighted by molar-refractivity contribution is 6.63. The van der Waals surface area contributed by atoms with Gasteiger partial charge < -0.3 is 14.4 Å². The molecule has 0 aromatic heterocycles. The first-order valence-electron chi connectivity index (χ1n) is 15.6. The standard InChI is InChI=1S/C40H23BF6O3/c42-39(43,44)26-20-27(40(45,46)47)22-28(21-26)41-49-37-32(23-10-2-1-3-11-23)18-24-12-4-6-14-29(24)35(37)36-30-15-7-5-13-25(30)19-33(38(36)50-41)31-16-8-9-17-34(31)48/h1-22,48H. The molecule has 10 heteroatoms. The SMILES string of the molecule is Oc1ccccc1-c1cc2ccccc2c2c1OB(c1cc(C(F)(F)F)cc(C(F)(F)F)c1)Oc1c(-c3ccccc3)cc3ccccc3c1-2. The first kappa shape index (κ1) is 31.4. The molecule has 0 saturated heterocycles. The molecule has 0 aliphatic carbocycles. The second kappa shape index (κ2) is 11.6. The number of fused-ring (bicyclic) bond motifs is 7. The lowest BCUT2D eigenvalue weighted by molar-refractivity contribution is -0.142. The number of hydrogen-bond acceptors (Lipinski definition) is 3. The van der Waals surface area contributed by atoms with E-state index in [9.17, 15) is 31.4 Å². The van der Waals surface area contributed by atoms with Crippen molar-refractivity contribution in [3.63, 3.8) is 0 Å². The van der Waals surface area contributed by atoms with Crippen molar-refractivity contribution >= 4 is 34.1 Å². The molecule has 1 aliphatic heterocycles. The summed E-state index contributed by atoms with van der Waals surface area (Å²) in [5, 5.41) is 14.0. The van der Waals surface area contributed by atoms with E-state index in [-0.39, 0.29) is 23.3 Å². The number of hydrogen-bond donors (Lipinski definition) is 1. The van der Waals surface area contributed by atoms with E-state index in [1.54, 1.807) is 24.3 Å². The van der Waals surface area contributed by atoms with Crippen LogP contribution in [0.15, 0.2) is 133 Å². The van der Waals surface area contributed by atoms with Gasteiger partial charge in [0.25, 0.3) is 0 Å². The summed E-state index contributed by atoms with van der Waals surface area (Å²) in [4.78, 5) is 0. The molecule has 0 amide bonds. The zero-order valence-corrected chi connectivity index (χ0v) is 25.8. The van der Waals surface area contributed by atoms with Crippen LogP contribution in [0, 0.1) is 0 Å². The normalized spacial score (nSPS) is 13.0. The van der Waals surface area contributed by atoms with Gasteiger partial charge in [0.05, 0.1) is 11.1 Å². The van der Waals surface area contributed by atoms with Gasteiger partial charge in [-0.05, 0) is 63.5 Å². The van der Waals surface area contributed by atoms with Gasteiger partial charge in [0.15, 0.2) is 0 Å². The second-order valence-corrected chi connectivity index (χ2v) is 12.0. The van der Waals surface area contributed by atoms with Crippen LogP contribution in [0.2, 0.25) is 0 Å². The van der Waals surface area contributed by atoms with E-state index >= 15 is 0 Å². The van der Waals surface area contributed by atoms with Crippen molar-refractivity contribution in [2.75, 3.05) is 0 Å². The van der Waals surface area contributed by atoms with Gasteiger partial charge in [0.1, 0.15) is 17.2 Å². The van der Waals surface area contributed by atoms with Crippen LogP contribution in [0.5, 0.6) is 17.2 Å². The summed E-state index contributed by atoms with van der Waals surface area (Å²) in [7, 11) is -1.78. The Morgan fingerprint density at radius 2 is 0.960 bits per heavy atom. The molecule has 0 saturated carbocycles. The van der Waals surface area contributed by atoms with Gasteiger partial charge in [0.2, 0.25) is 0 Å². The Balaban J connectivity index is 1.55. The maximum atomic E-state index is 14.1. The highest BCUT2D eigenvalue weighted by atomic mass is 19.4. The van der Waals surface area contributed by atoms with Crippen LogP contribution < -0.4 is 14.8 Å². The van der Waals surface area contributed by atoms with Crippen molar-refractivity contribution in [2.45, 2.75) is 12.4 Å². The fourth-order valence-electron chi connectivity index (χ4n) is 6.62. The number of phenolic OH excluding ortho intramolecular Hbond substituents is 1. The molecule has 7 aromatic rings. The van der Waals surface area contributed by atoms with Crippen LogP contribution in [-0.2, 0) is 12.4 Å². The van der Waals surface area contributed by atoms with Crippen molar-refractivity contribution in [3.8, 4) is 50.6 Å². The zero-order valence-electron chi connectivity index (χ0n) is 25.8. The van der Waals surface area contributed by atoms with Crippen molar-refractivity contribution in [3.05, 3.63) is 145 Å². The van der Waals surface area contributed by atoms with Gasteiger partial charge >= 0.3 is 19.5 Å². The smallest absolute Gasteiger partial charge is 0.521 e. The molecule has 0 radical (unpaired) electrons. The summed E-state index contributed by atoms with van der Waals surface area (Å²) in [6, 6.07) is 35.6. The van der Waals surface area contributed by atoms with E-state index in [0.29, 0.717) is 56.3 Å². The topological polar surface area (TPSA) is 38.7 Å². The minimum atomic E-state index is -5.10. The lowest BCUT2D eigenvalue weighted by atomic mass is 9.76. The number of phenols is 1. The Bertz CT molecular complexity index is 2410. The van der Waals surface area contributed by atoms with E-state index in [2.05, 4.69) is 0 Å². The third-order valence-corrected chi connectivity index (χ3v) is 8.86. The summed E-state index contributed by atoms with van der Waals surface area (Å²) in [6.07, 6.45) is -10.2. The number of para-hydroxylation sites is 1. The molecule has 246 valence electrons. The van der Waals surface area contributed by atoms with Crippen LogP contribution >= 0.6 is 0 Å². The number of alkyl halides is 6. The summed E-state index contributed by atoms with van der Waals surface area (Å²) in [6.45, 7) is 0. The maximum Gasteiger partial charge on any atom is 0.632 e. The fourth-order valence-corrected chi connectivity index (χ4v) is 6.62. The number of aromatic hydroxyl groups is 1. The molecule has 50 heavy (non-hydrogen) atoms. The van der Waals surface area contributed by atoms with Gasteiger partial charge in [-0.2, -0.15) is 26.3 Å². The minimum absolute atomic E-state index is 0.0753. The van der Waals surface area contributed by atoms with Crippen LogP contribution in [0.1, 0.15) is 11.1 Å². The monoisotopic (exact) mass is 676 g/mol. The van der Waals surface area contributed by atoms with Gasteiger partial charge in [-0.25, -0.2) is 0 Å². The molecule has 0 spiro atoms.